The number of pyridine rings is 1. The van der Waals surface area contributed by atoms with E-state index < -0.39 is 0 Å². The third kappa shape index (κ3) is 1.92. The van der Waals surface area contributed by atoms with Crippen molar-refractivity contribution in [3.05, 3.63) is 45.8 Å². The van der Waals surface area contributed by atoms with E-state index in [4.69, 9.17) is 34.8 Å². The van der Waals surface area contributed by atoms with Gasteiger partial charge in [0.15, 0.2) is 0 Å². The second kappa shape index (κ2) is 5.14. The molecular formula is C14H8Cl3N3. The van der Waals surface area contributed by atoms with E-state index in [1.54, 1.807) is 12.4 Å². The molecular weight excluding hydrogens is 317 g/mol. The van der Waals surface area contributed by atoms with E-state index in [9.17, 15) is 5.26 Å². The highest BCUT2D eigenvalue weighted by molar-refractivity contribution is 6.55. The molecule has 0 aliphatic carbocycles. The summed E-state index contributed by atoms with van der Waals surface area (Å²) < 4.78 is 1.94. The van der Waals surface area contributed by atoms with Crippen molar-refractivity contribution < 1.29 is 0 Å². The summed E-state index contributed by atoms with van der Waals surface area (Å²) in [5.74, 6) is 0. The minimum absolute atomic E-state index is 0.355. The Morgan fingerprint density at radius 2 is 2.05 bits per heavy atom. The lowest BCUT2D eigenvalue weighted by Crippen LogP contribution is -2.09. The minimum Gasteiger partial charge on any atom is -0.337 e. The van der Waals surface area contributed by atoms with Crippen LogP contribution in [0.3, 0.4) is 0 Å². The summed E-state index contributed by atoms with van der Waals surface area (Å²) in [5, 5.41) is 10.7. The van der Waals surface area contributed by atoms with Gasteiger partial charge in [-0.25, -0.2) is 0 Å². The Bertz CT molecular complexity index is 754. The maximum absolute atomic E-state index is 9.35. The molecule has 2 aromatic heterocycles. The standard InChI is InChI=1S/C14H8Cl3N3/c15-10-3-5-20-13(8-2-1-4-19-7-8)11(16)9(6-18)14(20)12(10)17/h1-2,4,7H,3,5H2. The SMILES string of the molecule is N#Cc1c(Cl)c(-c2cccnc2)n2c1C(Cl)=C(Cl)CC2. The number of allylic oxidation sites excluding steroid dienone is 1. The molecule has 0 amide bonds. The second-order valence-corrected chi connectivity index (χ2v) is 5.57. The highest BCUT2D eigenvalue weighted by Crippen LogP contribution is 2.43. The quantitative estimate of drug-likeness (QED) is 0.767. The van der Waals surface area contributed by atoms with Gasteiger partial charge in [-0.1, -0.05) is 34.8 Å². The number of halogens is 3. The van der Waals surface area contributed by atoms with Crippen molar-refractivity contribution in [1.29, 1.82) is 5.26 Å². The van der Waals surface area contributed by atoms with Gasteiger partial charge >= 0.3 is 0 Å². The number of hydrogen-bond donors (Lipinski definition) is 0. The summed E-state index contributed by atoms with van der Waals surface area (Å²) in [6, 6.07) is 5.84. The number of nitriles is 1. The molecule has 0 N–H and O–H groups in total. The smallest absolute Gasteiger partial charge is 0.103 e. The summed E-state index contributed by atoms with van der Waals surface area (Å²) in [7, 11) is 0. The van der Waals surface area contributed by atoms with Gasteiger partial charge in [-0.15, -0.1) is 0 Å². The van der Waals surface area contributed by atoms with Gasteiger partial charge in [0.1, 0.15) is 6.07 Å². The molecule has 100 valence electrons. The van der Waals surface area contributed by atoms with Crippen LogP contribution < -0.4 is 0 Å². The number of hydrogen-bond acceptors (Lipinski definition) is 2. The molecule has 3 heterocycles. The van der Waals surface area contributed by atoms with Crippen LogP contribution in [0.5, 0.6) is 0 Å². The van der Waals surface area contributed by atoms with Crippen molar-refractivity contribution in [3.8, 4) is 17.3 Å². The Kier molecular flexibility index (Phi) is 3.47. The molecule has 0 aromatic carbocycles. The average Bonchev–Trinajstić information content (AvgIpc) is 2.76. The number of rotatable bonds is 1. The first-order valence-corrected chi connectivity index (χ1v) is 7.05. The summed E-state index contributed by atoms with van der Waals surface area (Å²) in [6.45, 7) is 0.635. The molecule has 0 fully saturated rings. The van der Waals surface area contributed by atoms with Crippen molar-refractivity contribution in [3.63, 3.8) is 0 Å². The number of fused-ring (bicyclic) bond motifs is 1. The zero-order chi connectivity index (χ0) is 14.3. The van der Waals surface area contributed by atoms with E-state index in [1.807, 2.05) is 16.7 Å². The summed E-state index contributed by atoms with van der Waals surface area (Å²) >= 11 is 18.7. The van der Waals surface area contributed by atoms with Gasteiger partial charge in [0.25, 0.3) is 0 Å². The average molecular weight is 325 g/mol. The van der Waals surface area contributed by atoms with E-state index in [-0.39, 0.29) is 0 Å². The molecule has 2 aromatic rings. The first-order valence-electron chi connectivity index (χ1n) is 5.92. The fourth-order valence-corrected chi connectivity index (χ4v) is 3.18. The second-order valence-electron chi connectivity index (χ2n) is 4.36. The van der Waals surface area contributed by atoms with Gasteiger partial charge in [0.2, 0.25) is 0 Å². The Morgan fingerprint density at radius 3 is 2.70 bits per heavy atom. The van der Waals surface area contributed by atoms with Crippen molar-refractivity contribution in [2.45, 2.75) is 13.0 Å². The Morgan fingerprint density at radius 1 is 1.25 bits per heavy atom. The van der Waals surface area contributed by atoms with E-state index in [2.05, 4.69) is 11.1 Å². The van der Waals surface area contributed by atoms with Crippen LogP contribution in [0.2, 0.25) is 5.02 Å². The molecule has 0 radical (unpaired) electrons. The number of aromatic nitrogens is 2. The zero-order valence-electron chi connectivity index (χ0n) is 10.2. The van der Waals surface area contributed by atoms with Crippen molar-refractivity contribution in [2.75, 3.05) is 0 Å². The van der Waals surface area contributed by atoms with Crippen LogP contribution in [0.25, 0.3) is 16.3 Å². The molecule has 3 rings (SSSR count). The summed E-state index contributed by atoms with van der Waals surface area (Å²) in [5.41, 5.74) is 2.55. The van der Waals surface area contributed by atoms with E-state index in [0.717, 1.165) is 11.3 Å². The van der Waals surface area contributed by atoms with E-state index in [0.29, 0.717) is 39.3 Å². The first kappa shape index (κ1) is 13.5. The number of nitrogens with zero attached hydrogens (tertiary/aromatic N) is 3. The van der Waals surface area contributed by atoms with Crippen LogP contribution in [-0.4, -0.2) is 9.55 Å². The maximum Gasteiger partial charge on any atom is 0.103 e. The maximum atomic E-state index is 9.35. The fraction of sp³-hybridized carbons (Fsp3) is 0.143. The lowest BCUT2D eigenvalue weighted by atomic mass is 10.2. The largest absolute Gasteiger partial charge is 0.337 e. The van der Waals surface area contributed by atoms with Gasteiger partial charge in [0, 0.05) is 36.0 Å². The van der Waals surface area contributed by atoms with Crippen LogP contribution in [0.15, 0.2) is 29.6 Å². The lowest BCUT2D eigenvalue weighted by Gasteiger charge is -2.18. The molecule has 0 unspecified atom stereocenters. The normalized spacial score (nSPS) is 14.1. The van der Waals surface area contributed by atoms with Gasteiger partial charge in [-0.05, 0) is 12.1 Å². The molecule has 0 saturated carbocycles. The van der Waals surface area contributed by atoms with Crippen LogP contribution in [0.4, 0.5) is 0 Å². The molecule has 0 bridgehead atoms. The van der Waals surface area contributed by atoms with Gasteiger partial charge in [-0.3, -0.25) is 4.98 Å². The molecule has 6 heteroatoms. The molecule has 20 heavy (non-hydrogen) atoms. The third-order valence-electron chi connectivity index (χ3n) is 3.25. The Hall–Kier alpha value is -1.47. The van der Waals surface area contributed by atoms with Crippen LogP contribution in [0, 0.1) is 11.3 Å². The molecule has 0 spiro atoms. The van der Waals surface area contributed by atoms with Crippen molar-refractivity contribution in [1.82, 2.24) is 9.55 Å². The summed E-state index contributed by atoms with van der Waals surface area (Å²) in [4.78, 5) is 4.09. The first-order chi connectivity index (χ1) is 9.65. The Balaban J connectivity index is 2.35. The van der Waals surface area contributed by atoms with Gasteiger partial charge in [-0.2, -0.15) is 5.26 Å². The predicted molar refractivity (Wildman–Crippen MR) is 80.6 cm³/mol. The van der Waals surface area contributed by atoms with E-state index >= 15 is 0 Å². The topological polar surface area (TPSA) is 41.6 Å². The monoisotopic (exact) mass is 323 g/mol. The molecule has 1 aliphatic heterocycles. The zero-order valence-corrected chi connectivity index (χ0v) is 12.5. The third-order valence-corrected chi connectivity index (χ3v) is 4.50. The van der Waals surface area contributed by atoms with E-state index in [1.165, 1.54) is 0 Å². The van der Waals surface area contributed by atoms with Crippen molar-refractivity contribution >= 4 is 39.8 Å². The van der Waals surface area contributed by atoms with Crippen molar-refractivity contribution in [2.24, 2.45) is 0 Å². The molecule has 3 nitrogen and oxygen atoms in total. The molecule has 1 aliphatic rings. The van der Waals surface area contributed by atoms with Crippen LogP contribution >= 0.6 is 34.8 Å². The van der Waals surface area contributed by atoms with Crippen LogP contribution in [-0.2, 0) is 6.54 Å². The lowest BCUT2D eigenvalue weighted by molar-refractivity contribution is 0.695. The highest BCUT2D eigenvalue weighted by Gasteiger charge is 2.28. The van der Waals surface area contributed by atoms with Crippen LogP contribution in [0.1, 0.15) is 17.7 Å². The Labute approximate surface area is 131 Å². The highest BCUT2D eigenvalue weighted by atomic mass is 35.5. The predicted octanol–water partition coefficient (Wildman–Crippen LogP) is 4.63. The fourth-order valence-electron chi connectivity index (χ4n) is 2.38. The van der Waals surface area contributed by atoms with Gasteiger partial charge < -0.3 is 4.57 Å². The minimum atomic E-state index is 0.355. The summed E-state index contributed by atoms with van der Waals surface area (Å²) in [6.07, 6.45) is 4.02. The molecule has 0 atom stereocenters. The molecule has 0 saturated heterocycles. The van der Waals surface area contributed by atoms with Gasteiger partial charge in [0.05, 0.1) is 27.0 Å².